The molecular weight excluding hydrogens is 300 g/mol. The van der Waals surface area contributed by atoms with E-state index >= 15 is 0 Å². The molecule has 0 amide bonds. The highest BCUT2D eigenvalue weighted by atomic mass is 79.9. The molecule has 0 aliphatic heterocycles. The molecular formula is C14H18BrClO. The first-order chi connectivity index (χ1) is 8.15. The van der Waals surface area contributed by atoms with E-state index in [-0.39, 0.29) is 6.10 Å². The second kappa shape index (κ2) is 6.21. The minimum Gasteiger partial charge on any atom is -0.388 e. The molecule has 1 unspecified atom stereocenters. The molecule has 0 saturated heterocycles. The summed E-state index contributed by atoms with van der Waals surface area (Å²) in [6.07, 6.45) is 7.00. The van der Waals surface area contributed by atoms with E-state index in [1.165, 1.54) is 25.7 Å². The second-order valence-corrected chi connectivity index (χ2v) is 6.30. The van der Waals surface area contributed by atoms with Gasteiger partial charge in [-0.3, -0.25) is 0 Å². The van der Waals surface area contributed by atoms with Crippen LogP contribution >= 0.6 is 27.5 Å². The Morgan fingerprint density at radius 3 is 2.65 bits per heavy atom. The van der Waals surface area contributed by atoms with Gasteiger partial charge in [-0.1, -0.05) is 53.2 Å². The van der Waals surface area contributed by atoms with Crippen molar-refractivity contribution in [2.75, 3.05) is 0 Å². The van der Waals surface area contributed by atoms with E-state index in [0.29, 0.717) is 5.02 Å². The Hall–Kier alpha value is -0.0500. The highest BCUT2D eigenvalue weighted by Crippen LogP contribution is 2.32. The van der Waals surface area contributed by atoms with Crippen molar-refractivity contribution in [3.63, 3.8) is 0 Å². The van der Waals surface area contributed by atoms with Crippen molar-refractivity contribution in [2.45, 2.75) is 44.6 Å². The van der Waals surface area contributed by atoms with Crippen molar-refractivity contribution < 1.29 is 5.11 Å². The number of hydrogen-bond acceptors (Lipinski definition) is 1. The van der Waals surface area contributed by atoms with Crippen molar-refractivity contribution in [1.82, 2.24) is 0 Å². The summed E-state index contributed by atoms with van der Waals surface area (Å²) >= 11 is 9.38. The zero-order valence-electron chi connectivity index (χ0n) is 9.83. The molecule has 94 valence electrons. The Balaban J connectivity index is 1.91. The van der Waals surface area contributed by atoms with Gasteiger partial charge in [-0.2, -0.15) is 0 Å². The van der Waals surface area contributed by atoms with Crippen molar-refractivity contribution in [3.8, 4) is 0 Å². The van der Waals surface area contributed by atoms with Crippen LogP contribution in [0, 0.1) is 5.92 Å². The summed E-state index contributed by atoms with van der Waals surface area (Å²) in [5, 5.41) is 10.8. The first-order valence-electron chi connectivity index (χ1n) is 6.29. The fourth-order valence-corrected chi connectivity index (χ4v) is 3.51. The largest absolute Gasteiger partial charge is 0.388 e. The molecule has 1 N–H and O–H groups in total. The van der Waals surface area contributed by atoms with Gasteiger partial charge in [0.15, 0.2) is 0 Å². The predicted molar refractivity (Wildman–Crippen MR) is 75.3 cm³/mol. The van der Waals surface area contributed by atoms with Gasteiger partial charge in [-0.15, -0.1) is 0 Å². The lowest BCUT2D eigenvalue weighted by atomic mass is 9.96. The fourth-order valence-electron chi connectivity index (χ4n) is 2.63. The quantitative estimate of drug-likeness (QED) is 0.818. The maximum absolute atomic E-state index is 10.2. The molecule has 0 heterocycles. The summed E-state index contributed by atoms with van der Waals surface area (Å²) in [7, 11) is 0. The van der Waals surface area contributed by atoms with Crippen LogP contribution in [0.5, 0.6) is 0 Å². The second-order valence-electron chi connectivity index (χ2n) is 4.95. The van der Waals surface area contributed by atoms with Crippen LogP contribution in [0.1, 0.15) is 50.2 Å². The Kier molecular flexibility index (Phi) is 4.89. The number of benzene rings is 1. The summed E-state index contributed by atoms with van der Waals surface area (Å²) in [5.74, 6) is 0.826. The molecule has 1 nitrogen and oxygen atoms in total. The van der Waals surface area contributed by atoms with E-state index < -0.39 is 0 Å². The van der Waals surface area contributed by atoms with Crippen LogP contribution < -0.4 is 0 Å². The molecule has 3 heteroatoms. The van der Waals surface area contributed by atoms with Crippen molar-refractivity contribution in [2.24, 2.45) is 5.92 Å². The van der Waals surface area contributed by atoms with Crippen LogP contribution in [-0.2, 0) is 0 Å². The molecule has 2 rings (SSSR count). The van der Waals surface area contributed by atoms with E-state index in [1.807, 2.05) is 18.2 Å². The lowest BCUT2D eigenvalue weighted by molar-refractivity contribution is 0.157. The molecule has 0 radical (unpaired) electrons. The zero-order chi connectivity index (χ0) is 12.3. The van der Waals surface area contributed by atoms with Gasteiger partial charge in [-0.25, -0.2) is 0 Å². The Bertz CT molecular complexity index is 354. The Labute approximate surface area is 116 Å². The summed E-state index contributed by atoms with van der Waals surface area (Å²) in [6, 6.07) is 5.64. The number of rotatable bonds is 4. The minimum atomic E-state index is -0.384. The van der Waals surface area contributed by atoms with E-state index in [9.17, 15) is 5.11 Å². The lowest BCUT2D eigenvalue weighted by Gasteiger charge is -2.14. The number of aliphatic hydroxyl groups excluding tert-OH is 1. The van der Waals surface area contributed by atoms with Crippen LogP contribution in [0.4, 0.5) is 0 Å². The zero-order valence-corrected chi connectivity index (χ0v) is 12.2. The average molecular weight is 318 g/mol. The summed E-state index contributed by atoms with van der Waals surface area (Å²) < 4.78 is 0.930. The molecule has 17 heavy (non-hydrogen) atoms. The van der Waals surface area contributed by atoms with Crippen LogP contribution in [0.15, 0.2) is 22.7 Å². The van der Waals surface area contributed by atoms with E-state index in [1.54, 1.807) is 0 Å². The lowest BCUT2D eigenvalue weighted by Crippen LogP contribution is -2.01. The first kappa shape index (κ1) is 13.4. The molecule has 1 aromatic rings. The highest BCUT2D eigenvalue weighted by Gasteiger charge is 2.17. The molecule has 1 saturated carbocycles. The topological polar surface area (TPSA) is 20.2 Å². The summed E-state index contributed by atoms with van der Waals surface area (Å²) in [5.41, 5.74) is 0.919. The minimum absolute atomic E-state index is 0.384. The molecule has 1 aliphatic carbocycles. The van der Waals surface area contributed by atoms with Crippen LogP contribution in [0.25, 0.3) is 0 Å². The highest BCUT2D eigenvalue weighted by molar-refractivity contribution is 9.10. The van der Waals surface area contributed by atoms with Crippen LogP contribution in [0.3, 0.4) is 0 Å². The molecule has 1 aliphatic rings. The SMILES string of the molecule is OC(CCC1CCCC1)c1cc(Cl)cc(Br)c1. The maximum atomic E-state index is 10.2. The third kappa shape index (κ3) is 3.97. The number of hydrogen-bond donors (Lipinski definition) is 1. The van der Waals surface area contributed by atoms with Gasteiger partial charge in [0.1, 0.15) is 0 Å². The standard InChI is InChI=1S/C14H18BrClO/c15-12-7-11(8-13(16)9-12)14(17)6-5-10-3-1-2-4-10/h7-10,14,17H,1-6H2. The molecule has 1 fully saturated rings. The average Bonchev–Trinajstić information content (AvgIpc) is 2.77. The van der Waals surface area contributed by atoms with Crippen LogP contribution in [0.2, 0.25) is 5.02 Å². The maximum Gasteiger partial charge on any atom is 0.0791 e. The third-order valence-corrected chi connectivity index (χ3v) is 4.27. The number of aliphatic hydroxyl groups is 1. The summed E-state index contributed by atoms with van der Waals surface area (Å²) in [4.78, 5) is 0. The van der Waals surface area contributed by atoms with Crippen molar-refractivity contribution in [3.05, 3.63) is 33.3 Å². The van der Waals surface area contributed by atoms with Crippen molar-refractivity contribution >= 4 is 27.5 Å². The molecule has 1 aromatic carbocycles. The summed E-state index contributed by atoms with van der Waals surface area (Å²) in [6.45, 7) is 0. The smallest absolute Gasteiger partial charge is 0.0791 e. The molecule has 0 bridgehead atoms. The van der Waals surface area contributed by atoms with Crippen LogP contribution in [-0.4, -0.2) is 5.11 Å². The molecule has 0 spiro atoms. The van der Waals surface area contributed by atoms with Gasteiger partial charge in [0.25, 0.3) is 0 Å². The van der Waals surface area contributed by atoms with Gasteiger partial charge in [0.2, 0.25) is 0 Å². The third-order valence-electron chi connectivity index (χ3n) is 3.59. The van der Waals surface area contributed by atoms with Gasteiger partial charge in [-0.05, 0) is 42.5 Å². The van der Waals surface area contributed by atoms with E-state index in [4.69, 9.17) is 11.6 Å². The Morgan fingerprint density at radius 1 is 1.29 bits per heavy atom. The molecule has 1 atom stereocenters. The van der Waals surface area contributed by atoms with Gasteiger partial charge < -0.3 is 5.11 Å². The van der Waals surface area contributed by atoms with E-state index in [2.05, 4.69) is 15.9 Å². The van der Waals surface area contributed by atoms with Gasteiger partial charge >= 0.3 is 0 Å². The monoisotopic (exact) mass is 316 g/mol. The fraction of sp³-hybridized carbons (Fsp3) is 0.571. The molecule has 0 aromatic heterocycles. The van der Waals surface area contributed by atoms with E-state index in [0.717, 1.165) is 28.8 Å². The number of halogens is 2. The Morgan fingerprint density at radius 2 is 2.00 bits per heavy atom. The van der Waals surface area contributed by atoms with Gasteiger partial charge in [0, 0.05) is 9.50 Å². The predicted octanol–water partition coefficient (Wildman–Crippen LogP) is 5.11. The van der Waals surface area contributed by atoms with Crippen molar-refractivity contribution in [1.29, 1.82) is 0 Å². The normalized spacial score (nSPS) is 18.5. The van der Waals surface area contributed by atoms with Gasteiger partial charge in [0.05, 0.1) is 6.10 Å². The first-order valence-corrected chi connectivity index (χ1v) is 7.46.